The van der Waals surface area contributed by atoms with Crippen molar-refractivity contribution < 1.29 is 9.53 Å². The lowest BCUT2D eigenvalue weighted by Crippen LogP contribution is -2.35. The second-order valence-electron chi connectivity index (χ2n) is 6.93. The first kappa shape index (κ1) is 15.3. The summed E-state index contributed by atoms with van der Waals surface area (Å²) in [4.78, 5) is 22.5. The predicted octanol–water partition coefficient (Wildman–Crippen LogP) is 3.40. The lowest BCUT2D eigenvalue weighted by Gasteiger charge is -2.24. The first-order valence-electron chi connectivity index (χ1n) is 7.48. The minimum atomic E-state index is -0.451. The number of rotatable bonds is 1. The van der Waals surface area contributed by atoms with E-state index < -0.39 is 5.60 Å². The van der Waals surface area contributed by atoms with Gasteiger partial charge in [0, 0.05) is 31.4 Å². The average Bonchev–Trinajstić information content (AvgIpc) is 2.95. The van der Waals surface area contributed by atoms with Crippen molar-refractivity contribution >= 4 is 23.3 Å². The zero-order valence-electron chi connectivity index (χ0n) is 13.0. The summed E-state index contributed by atoms with van der Waals surface area (Å²) in [6.07, 6.45) is 6.10. The topological polar surface area (TPSA) is 55.3 Å². The van der Waals surface area contributed by atoms with Crippen molar-refractivity contribution in [2.24, 2.45) is 11.8 Å². The van der Waals surface area contributed by atoms with Crippen LogP contribution >= 0.6 is 11.6 Å². The van der Waals surface area contributed by atoms with Crippen LogP contribution in [-0.4, -0.2) is 39.7 Å². The second kappa shape index (κ2) is 5.54. The molecule has 0 radical (unpaired) electrons. The first-order valence-corrected chi connectivity index (χ1v) is 7.86. The Kier molecular flexibility index (Phi) is 3.85. The molecule has 22 heavy (non-hydrogen) atoms. The molecular weight excluding hydrogens is 302 g/mol. The van der Waals surface area contributed by atoms with Crippen molar-refractivity contribution in [2.75, 3.05) is 13.1 Å². The third kappa shape index (κ3) is 3.24. The van der Waals surface area contributed by atoms with E-state index in [0.717, 1.165) is 24.4 Å². The third-order valence-electron chi connectivity index (χ3n) is 3.95. The third-order valence-corrected chi connectivity index (χ3v) is 4.14. The number of allylic oxidation sites excluding steroid dienone is 1. The van der Waals surface area contributed by atoms with Gasteiger partial charge in [-0.25, -0.2) is 14.8 Å². The number of likely N-dealkylation sites (tertiary alicyclic amines) is 1. The molecule has 5 nitrogen and oxygen atoms in total. The van der Waals surface area contributed by atoms with Crippen molar-refractivity contribution in [2.45, 2.75) is 32.8 Å². The summed E-state index contributed by atoms with van der Waals surface area (Å²) < 4.78 is 5.44. The molecule has 1 aliphatic carbocycles. The maximum absolute atomic E-state index is 12.1. The molecule has 2 aliphatic rings. The van der Waals surface area contributed by atoms with Gasteiger partial charge >= 0.3 is 6.09 Å². The highest BCUT2D eigenvalue weighted by atomic mass is 35.5. The zero-order valence-corrected chi connectivity index (χ0v) is 13.8. The van der Waals surface area contributed by atoms with Crippen LogP contribution in [0.4, 0.5) is 4.79 Å². The Balaban J connectivity index is 1.65. The second-order valence-corrected chi connectivity index (χ2v) is 7.37. The van der Waals surface area contributed by atoms with E-state index in [1.165, 1.54) is 0 Å². The molecule has 1 aromatic heterocycles. The molecule has 6 heteroatoms. The molecule has 3 rings (SSSR count). The maximum atomic E-state index is 12.1. The summed E-state index contributed by atoms with van der Waals surface area (Å²) in [5, 5.41) is 0.540. The van der Waals surface area contributed by atoms with Gasteiger partial charge in [-0.05, 0) is 38.7 Å². The molecule has 1 aromatic rings. The normalized spacial score (nSPS) is 24.2. The van der Waals surface area contributed by atoms with Crippen LogP contribution in [0.15, 0.2) is 18.5 Å². The van der Waals surface area contributed by atoms with Crippen LogP contribution in [0.25, 0.3) is 5.57 Å². The first-order chi connectivity index (χ1) is 10.3. The van der Waals surface area contributed by atoms with E-state index in [1.54, 1.807) is 17.3 Å². The van der Waals surface area contributed by atoms with Gasteiger partial charge in [0.25, 0.3) is 0 Å². The lowest BCUT2D eigenvalue weighted by atomic mass is 10.00. The number of hydrogen-bond acceptors (Lipinski definition) is 4. The Morgan fingerprint density at radius 1 is 1.32 bits per heavy atom. The predicted molar refractivity (Wildman–Crippen MR) is 84.4 cm³/mol. The quantitative estimate of drug-likeness (QED) is 0.795. The fraction of sp³-hybridized carbons (Fsp3) is 0.562. The van der Waals surface area contributed by atoms with Crippen molar-refractivity contribution in [1.29, 1.82) is 0 Å². The van der Waals surface area contributed by atoms with Gasteiger partial charge in [-0.1, -0.05) is 17.7 Å². The monoisotopic (exact) mass is 321 g/mol. The molecule has 1 fully saturated rings. The number of nitrogens with zero attached hydrogens (tertiary/aromatic N) is 3. The van der Waals surface area contributed by atoms with Gasteiger partial charge in [0.2, 0.25) is 0 Å². The molecule has 0 N–H and O–H groups in total. The molecule has 0 spiro atoms. The van der Waals surface area contributed by atoms with E-state index in [9.17, 15) is 4.79 Å². The molecule has 1 amide bonds. The molecule has 1 aliphatic heterocycles. The van der Waals surface area contributed by atoms with Crippen molar-refractivity contribution in [3.05, 3.63) is 29.3 Å². The van der Waals surface area contributed by atoms with Crippen LogP contribution in [0.5, 0.6) is 0 Å². The Morgan fingerprint density at radius 2 is 2.00 bits per heavy atom. The van der Waals surface area contributed by atoms with Crippen molar-refractivity contribution in [3.8, 4) is 0 Å². The minimum absolute atomic E-state index is 0.223. The summed E-state index contributed by atoms with van der Waals surface area (Å²) >= 11 is 5.82. The van der Waals surface area contributed by atoms with E-state index >= 15 is 0 Å². The van der Waals surface area contributed by atoms with Crippen molar-refractivity contribution in [3.63, 3.8) is 0 Å². The summed E-state index contributed by atoms with van der Waals surface area (Å²) in [6, 6.07) is 0. The van der Waals surface area contributed by atoms with Crippen LogP contribution in [0.1, 0.15) is 33.0 Å². The van der Waals surface area contributed by atoms with E-state index in [-0.39, 0.29) is 6.09 Å². The molecule has 2 unspecified atom stereocenters. The fourth-order valence-electron chi connectivity index (χ4n) is 3.03. The number of fused-ring (bicyclic) bond motifs is 1. The number of ether oxygens (including phenoxy) is 1. The number of carbonyl (C=O) groups is 1. The van der Waals surface area contributed by atoms with Gasteiger partial charge < -0.3 is 9.64 Å². The Bertz CT molecular complexity index is 607. The zero-order chi connectivity index (χ0) is 15.9. The minimum Gasteiger partial charge on any atom is -0.444 e. The molecule has 0 aromatic carbocycles. The van der Waals surface area contributed by atoms with Gasteiger partial charge in [0.15, 0.2) is 5.82 Å². The summed E-state index contributed by atoms with van der Waals surface area (Å²) in [6.45, 7) is 7.09. The Hall–Kier alpha value is -1.62. The number of carbonyl (C=O) groups excluding carboxylic acids is 1. The highest BCUT2D eigenvalue weighted by Gasteiger charge is 2.40. The van der Waals surface area contributed by atoms with E-state index in [2.05, 4.69) is 16.0 Å². The number of aromatic nitrogens is 2. The van der Waals surface area contributed by atoms with Crippen LogP contribution in [0.2, 0.25) is 5.02 Å². The molecule has 0 bridgehead atoms. The lowest BCUT2D eigenvalue weighted by molar-refractivity contribution is 0.0285. The highest BCUT2D eigenvalue weighted by Crippen LogP contribution is 2.40. The highest BCUT2D eigenvalue weighted by molar-refractivity contribution is 6.30. The SMILES string of the molecule is CC(C)(C)OC(=O)N1CC2C=C(c3ncc(Cl)cn3)CC2C1. The summed E-state index contributed by atoms with van der Waals surface area (Å²) in [7, 11) is 0. The number of hydrogen-bond donors (Lipinski definition) is 0. The molecule has 2 atom stereocenters. The summed E-state index contributed by atoms with van der Waals surface area (Å²) in [5.74, 6) is 1.53. The smallest absolute Gasteiger partial charge is 0.410 e. The molecule has 0 saturated carbocycles. The summed E-state index contributed by atoms with van der Waals surface area (Å²) in [5.41, 5.74) is 0.697. The van der Waals surface area contributed by atoms with Gasteiger partial charge in [0.05, 0.1) is 5.02 Å². The fourth-order valence-corrected chi connectivity index (χ4v) is 3.13. The van der Waals surface area contributed by atoms with Gasteiger partial charge in [-0.3, -0.25) is 0 Å². The standard InChI is InChI=1S/C16H20ClN3O2/c1-16(2,3)22-15(21)20-8-11-4-10(5-12(11)9-20)14-18-6-13(17)7-19-14/h4,6-7,11-12H,5,8-9H2,1-3H3. The van der Waals surface area contributed by atoms with E-state index in [0.29, 0.717) is 23.4 Å². The molecule has 118 valence electrons. The molecule has 2 heterocycles. The van der Waals surface area contributed by atoms with Gasteiger partial charge in [0.1, 0.15) is 5.60 Å². The largest absolute Gasteiger partial charge is 0.444 e. The van der Waals surface area contributed by atoms with Crippen molar-refractivity contribution in [1.82, 2.24) is 14.9 Å². The number of halogens is 1. The maximum Gasteiger partial charge on any atom is 0.410 e. The van der Waals surface area contributed by atoms with Gasteiger partial charge in [-0.15, -0.1) is 0 Å². The van der Waals surface area contributed by atoms with Crippen LogP contribution < -0.4 is 0 Å². The van der Waals surface area contributed by atoms with Gasteiger partial charge in [-0.2, -0.15) is 0 Å². The molecule has 1 saturated heterocycles. The van der Waals surface area contributed by atoms with Crippen LogP contribution in [0.3, 0.4) is 0 Å². The van der Waals surface area contributed by atoms with E-state index in [4.69, 9.17) is 16.3 Å². The van der Waals surface area contributed by atoms with Crippen LogP contribution in [-0.2, 0) is 4.74 Å². The van der Waals surface area contributed by atoms with Crippen LogP contribution in [0, 0.1) is 11.8 Å². The average molecular weight is 322 g/mol. The number of amides is 1. The molecular formula is C16H20ClN3O2. The van der Waals surface area contributed by atoms with E-state index in [1.807, 2.05) is 20.8 Å². The Morgan fingerprint density at radius 3 is 2.59 bits per heavy atom. The Labute approximate surface area is 135 Å².